The van der Waals surface area contributed by atoms with Crippen molar-refractivity contribution in [2.24, 2.45) is 5.92 Å². The number of nitrogens with zero attached hydrogens (tertiary/aromatic N) is 1. The van der Waals surface area contributed by atoms with Crippen LogP contribution in [-0.4, -0.2) is 11.5 Å². The summed E-state index contributed by atoms with van der Waals surface area (Å²) < 4.78 is 14.9. The van der Waals surface area contributed by atoms with Crippen molar-refractivity contribution in [1.82, 2.24) is 4.98 Å². The summed E-state index contributed by atoms with van der Waals surface area (Å²) in [6.07, 6.45) is 8.66. The third kappa shape index (κ3) is 5.52. The summed E-state index contributed by atoms with van der Waals surface area (Å²) in [4.78, 5) is 4.60. The minimum absolute atomic E-state index is 0.0749. The zero-order chi connectivity index (χ0) is 23.5. The summed E-state index contributed by atoms with van der Waals surface area (Å²) in [6, 6.07) is 12.2. The molecule has 0 radical (unpaired) electrons. The van der Waals surface area contributed by atoms with Gasteiger partial charge in [0.1, 0.15) is 11.6 Å². The van der Waals surface area contributed by atoms with Gasteiger partial charge >= 0.3 is 0 Å². The fourth-order valence-corrected chi connectivity index (χ4v) is 4.52. The van der Waals surface area contributed by atoms with Crippen LogP contribution in [0.2, 0.25) is 0 Å². The number of aromatic nitrogens is 1. The smallest absolute Gasteiger partial charge is 0.127 e. The van der Waals surface area contributed by atoms with Crippen molar-refractivity contribution in [3.63, 3.8) is 0 Å². The van der Waals surface area contributed by atoms with Crippen molar-refractivity contribution >= 4 is 5.82 Å². The third-order valence-corrected chi connectivity index (χ3v) is 6.83. The fourth-order valence-electron chi connectivity index (χ4n) is 4.52. The highest BCUT2D eigenvalue weighted by Gasteiger charge is 2.21. The summed E-state index contributed by atoms with van der Waals surface area (Å²) in [6.45, 7) is 11.4. The fraction of sp³-hybridized carbons (Fsp3) is 0.367. The van der Waals surface area contributed by atoms with Crippen LogP contribution in [0.5, 0.6) is 0 Å². The molecule has 3 aromatic rings. The highest BCUT2D eigenvalue weighted by atomic mass is 19.1. The number of hydrogen-bond acceptors (Lipinski definition) is 2. The molecule has 0 saturated heterocycles. The van der Waals surface area contributed by atoms with Crippen LogP contribution in [0.25, 0.3) is 22.3 Å². The van der Waals surface area contributed by atoms with E-state index in [4.69, 9.17) is 0 Å². The van der Waals surface area contributed by atoms with Gasteiger partial charge in [-0.05, 0) is 111 Å². The number of nitrogens with one attached hydrogen (secondary N) is 1. The second kappa shape index (κ2) is 9.91. The molecule has 1 aliphatic carbocycles. The van der Waals surface area contributed by atoms with Gasteiger partial charge in [-0.1, -0.05) is 42.7 Å². The summed E-state index contributed by atoms with van der Waals surface area (Å²) in [5.74, 6) is 1.62. The van der Waals surface area contributed by atoms with Crippen LogP contribution in [0.4, 0.5) is 10.2 Å². The lowest BCUT2D eigenvalue weighted by atomic mass is 9.87. The van der Waals surface area contributed by atoms with Gasteiger partial charge in [0.25, 0.3) is 0 Å². The summed E-state index contributed by atoms with van der Waals surface area (Å²) in [5, 5.41) is 3.33. The van der Waals surface area contributed by atoms with Crippen LogP contribution in [0.1, 0.15) is 55.4 Å². The number of anilines is 1. The molecule has 1 saturated carbocycles. The summed E-state index contributed by atoms with van der Waals surface area (Å²) in [5.41, 5.74) is 10.1. The molecule has 1 heterocycles. The molecule has 2 aromatic carbocycles. The van der Waals surface area contributed by atoms with Gasteiger partial charge in [-0.2, -0.15) is 0 Å². The van der Waals surface area contributed by atoms with Crippen LogP contribution in [0.15, 0.2) is 54.2 Å². The molecule has 33 heavy (non-hydrogen) atoms. The maximum absolute atomic E-state index is 14.9. The molecule has 0 unspecified atom stereocenters. The first-order valence-electron chi connectivity index (χ1n) is 12.1. The Balaban J connectivity index is 1.58. The Labute approximate surface area is 198 Å². The molecule has 0 atom stereocenters. The van der Waals surface area contributed by atoms with Gasteiger partial charge < -0.3 is 5.32 Å². The lowest BCUT2D eigenvalue weighted by Gasteiger charge is -2.18. The van der Waals surface area contributed by atoms with Crippen molar-refractivity contribution < 1.29 is 4.39 Å². The molecular formula is C30H35FN2. The first-order valence-corrected chi connectivity index (χ1v) is 12.1. The number of allylic oxidation sites excluding steroid dienone is 1. The Bertz CT molecular complexity index is 1170. The van der Waals surface area contributed by atoms with Gasteiger partial charge in [0.05, 0.1) is 0 Å². The van der Waals surface area contributed by atoms with E-state index >= 15 is 0 Å². The SMILES string of the molecule is CC(C)=CCNc1ccc(-c2cc(C)c(-c3ccc(CCC4CC4)c(F)c3)c(C)c2C)cn1. The molecule has 4 rings (SSSR count). The van der Waals surface area contributed by atoms with Crippen molar-refractivity contribution in [1.29, 1.82) is 0 Å². The topological polar surface area (TPSA) is 24.9 Å². The number of rotatable bonds is 8. The van der Waals surface area contributed by atoms with Gasteiger partial charge in [-0.15, -0.1) is 0 Å². The molecule has 3 heteroatoms. The second-order valence-electron chi connectivity index (χ2n) is 9.75. The van der Waals surface area contributed by atoms with E-state index in [1.54, 1.807) is 6.07 Å². The van der Waals surface area contributed by atoms with Gasteiger partial charge in [0.2, 0.25) is 0 Å². The molecule has 1 aromatic heterocycles. The standard InChI is InChI=1S/C30H35FN2/c1-19(2)14-15-32-29-13-12-26(18-33-29)27-16-20(3)30(22(5)21(27)4)25-11-10-24(28(31)17-25)9-8-23-6-7-23/h10-14,16-18,23H,6-9,15H2,1-5H3,(H,32,33). The van der Waals surface area contributed by atoms with Gasteiger partial charge in [-0.25, -0.2) is 9.37 Å². The van der Waals surface area contributed by atoms with Crippen molar-refractivity contribution in [2.45, 2.75) is 60.3 Å². The molecular weight excluding hydrogens is 407 g/mol. The highest BCUT2D eigenvalue weighted by molar-refractivity contribution is 5.80. The molecule has 2 nitrogen and oxygen atoms in total. The van der Waals surface area contributed by atoms with E-state index in [1.165, 1.54) is 35.1 Å². The third-order valence-electron chi connectivity index (χ3n) is 6.83. The number of hydrogen-bond donors (Lipinski definition) is 1. The van der Waals surface area contributed by atoms with Crippen LogP contribution in [0.3, 0.4) is 0 Å². The van der Waals surface area contributed by atoms with Gasteiger partial charge in [0, 0.05) is 18.3 Å². The van der Waals surface area contributed by atoms with Crippen molar-refractivity contribution in [2.75, 3.05) is 11.9 Å². The van der Waals surface area contributed by atoms with Gasteiger partial charge in [0.15, 0.2) is 0 Å². The lowest BCUT2D eigenvalue weighted by molar-refractivity contribution is 0.598. The zero-order valence-corrected chi connectivity index (χ0v) is 20.6. The molecule has 0 spiro atoms. The van der Waals surface area contributed by atoms with E-state index in [-0.39, 0.29) is 5.82 Å². The van der Waals surface area contributed by atoms with Crippen LogP contribution in [0, 0.1) is 32.5 Å². The normalized spacial score (nSPS) is 13.2. The maximum atomic E-state index is 14.9. The van der Waals surface area contributed by atoms with Crippen LogP contribution >= 0.6 is 0 Å². The van der Waals surface area contributed by atoms with Crippen LogP contribution < -0.4 is 5.32 Å². The largest absolute Gasteiger partial charge is 0.367 e. The molecule has 0 aliphatic heterocycles. The minimum Gasteiger partial charge on any atom is -0.367 e. The van der Waals surface area contributed by atoms with Crippen LogP contribution in [-0.2, 0) is 6.42 Å². The molecule has 1 N–H and O–H groups in total. The monoisotopic (exact) mass is 442 g/mol. The highest BCUT2D eigenvalue weighted by Crippen LogP contribution is 2.37. The Kier molecular flexibility index (Phi) is 6.97. The average molecular weight is 443 g/mol. The summed E-state index contributed by atoms with van der Waals surface area (Å²) >= 11 is 0. The second-order valence-corrected chi connectivity index (χ2v) is 9.75. The number of benzene rings is 2. The maximum Gasteiger partial charge on any atom is 0.127 e. The van der Waals surface area contributed by atoms with E-state index in [0.29, 0.717) is 0 Å². The Morgan fingerprint density at radius 2 is 1.79 bits per heavy atom. The Hall–Kier alpha value is -2.94. The molecule has 172 valence electrons. The minimum atomic E-state index is -0.0749. The predicted octanol–water partition coefficient (Wildman–Crippen LogP) is 8.20. The van der Waals surface area contributed by atoms with Crippen molar-refractivity contribution in [3.05, 3.63) is 82.3 Å². The van der Waals surface area contributed by atoms with E-state index in [2.05, 4.69) is 69.2 Å². The van der Waals surface area contributed by atoms with Crippen molar-refractivity contribution in [3.8, 4) is 22.3 Å². The molecule has 1 aliphatic rings. The molecule has 0 amide bonds. The number of pyridine rings is 1. The molecule has 0 bridgehead atoms. The first kappa shape index (κ1) is 23.2. The molecule has 1 fully saturated rings. The van der Waals surface area contributed by atoms with E-state index < -0.39 is 0 Å². The van der Waals surface area contributed by atoms with E-state index in [9.17, 15) is 4.39 Å². The quantitative estimate of drug-likeness (QED) is 0.356. The lowest BCUT2D eigenvalue weighted by Crippen LogP contribution is -2.01. The predicted molar refractivity (Wildman–Crippen MR) is 138 cm³/mol. The van der Waals surface area contributed by atoms with E-state index in [0.717, 1.165) is 58.9 Å². The van der Waals surface area contributed by atoms with Gasteiger partial charge in [-0.3, -0.25) is 0 Å². The number of halogens is 1. The average Bonchev–Trinajstić information content (AvgIpc) is 3.61. The Morgan fingerprint density at radius 1 is 1.03 bits per heavy atom. The first-order chi connectivity index (χ1) is 15.8. The zero-order valence-electron chi connectivity index (χ0n) is 20.6. The van der Waals surface area contributed by atoms with E-state index in [1.807, 2.05) is 18.3 Å². The summed E-state index contributed by atoms with van der Waals surface area (Å²) in [7, 11) is 0. The number of aryl methyl sites for hydroxylation is 2. The Morgan fingerprint density at radius 3 is 2.42 bits per heavy atom.